The summed E-state index contributed by atoms with van der Waals surface area (Å²) in [5, 5.41) is 0. The first-order chi connectivity index (χ1) is 12.8. The molecule has 0 fully saturated rings. The summed E-state index contributed by atoms with van der Waals surface area (Å²) in [7, 11) is 0. The van der Waals surface area contributed by atoms with Crippen molar-refractivity contribution in [2.24, 2.45) is 0 Å². The van der Waals surface area contributed by atoms with Gasteiger partial charge in [0, 0.05) is 0 Å². The fourth-order valence-corrected chi connectivity index (χ4v) is 4.41. The normalized spacial score (nSPS) is 15.1. The molecule has 0 bridgehead atoms. The van der Waals surface area contributed by atoms with Crippen molar-refractivity contribution in [2.45, 2.75) is 26.2 Å². The van der Waals surface area contributed by atoms with Crippen LogP contribution in [0, 0.1) is 6.92 Å². The zero-order valence-electron chi connectivity index (χ0n) is 15.1. The average Bonchev–Trinajstić information content (AvgIpc) is 3.07. The molecule has 0 aromatic heterocycles. The smallest absolute Gasteiger partial charge is 0.000740 e. The fraction of sp³-hybridized carbons (Fsp3) is 0.154. The molecule has 0 atom stereocenters. The van der Waals surface area contributed by atoms with E-state index in [1.165, 1.54) is 50.1 Å². The monoisotopic (exact) mass is 334 g/mol. The van der Waals surface area contributed by atoms with Crippen molar-refractivity contribution < 1.29 is 0 Å². The molecule has 0 nitrogen and oxygen atoms in total. The summed E-state index contributed by atoms with van der Waals surface area (Å²) in [5.74, 6) is 0. The van der Waals surface area contributed by atoms with Crippen LogP contribution >= 0.6 is 0 Å². The molecule has 0 spiro atoms. The van der Waals surface area contributed by atoms with E-state index in [4.69, 9.17) is 0 Å². The highest BCUT2D eigenvalue weighted by Gasteiger charge is 2.22. The number of fused-ring (bicyclic) bond motifs is 3. The van der Waals surface area contributed by atoms with Crippen molar-refractivity contribution in [3.05, 3.63) is 107 Å². The molecule has 2 aliphatic rings. The Labute approximate surface area is 155 Å². The number of rotatable bonds is 2. The van der Waals surface area contributed by atoms with Gasteiger partial charge in [-0.05, 0) is 70.7 Å². The molecular weight excluding hydrogens is 312 g/mol. The van der Waals surface area contributed by atoms with Gasteiger partial charge in [0.25, 0.3) is 0 Å². The lowest BCUT2D eigenvalue weighted by molar-refractivity contribution is 1.06. The Balaban J connectivity index is 1.53. The topological polar surface area (TPSA) is 0 Å². The molecule has 0 heterocycles. The van der Waals surface area contributed by atoms with Crippen LogP contribution in [0.1, 0.15) is 40.7 Å². The van der Waals surface area contributed by atoms with Crippen LogP contribution in [0.3, 0.4) is 0 Å². The van der Waals surface area contributed by atoms with Crippen LogP contribution in [0.2, 0.25) is 0 Å². The van der Waals surface area contributed by atoms with E-state index in [0.29, 0.717) is 0 Å². The van der Waals surface area contributed by atoms with Gasteiger partial charge in [0.1, 0.15) is 0 Å². The SMILES string of the molecule is Cc1cccc(C2=CC=C(c3cccc4c3Cc3ccccc3-4)CC2)c1. The van der Waals surface area contributed by atoms with Crippen LogP contribution in [-0.4, -0.2) is 0 Å². The van der Waals surface area contributed by atoms with Gasteiger partial charge in [-0.25, -0.2) is 0 Å². The lowest BCUT2D eigenvalue weighted by Crippen LogP contribution is -1.97. The van der Waals surface area contributed by atoms with E-state index in [1.54, 1.807) is 0 Å². The third-order valence-corrected chi connectivity index (χ3v) is 5.73. The Morgan fingerprint density at radius 1 is 0.654 bits per heavy atom. The van der Waals surface area contributed by atoms with Gasteiger partial charge in [0.2, 0.25) is 0 Å². The minimum atomic E-state index is 1.06. The summed E-state index contributed by atoms with van der Waals surface area (Å²) in [6, 6.07) is 24.5. The van der Waals surface area contributed by atoms with Crippen molar-refractivity contribution in [3.8, 4) is 11.1 Å². The van der Waals surface area contributed by atoms with Crippen molar-refractivity contribution >= 4 is 11.1 Å². The molecule has 26 heavy (non-hydrogen) atoms. The second-order valence-corrected chi connectivity index (χ2v) is 7.42. The number of allylic oxidation sites excluding steroid dienone is 4. The molecule has 126 valence electrons. The summed E-state index contributed by atoms with van der Waals surface area (Å²) < 4.78 is 0. The van der Waals surface area contributed by atoms with Gasteiger partial charge < -0.3 is 0 Å². The van der Waals surface area contributed by atoms with Gasteiger partial charge in [0.05, 0.1) is 0 Å². The second kappa shape index (κ2) is 6.14. The lowest BCUT2D eigenvalue weighted by Gasteiger charge is -2.18. The summed E-state index contributed by atoms with van der Waals surface area (Å²) in [4.78, 5) is 0. The standard InChI is InChI=1S/C26H22/c1-18-6-4-8-21(16-18)19-12-14-20(15-13-19)23-10-5-11-25-24-9-3-2-7-22(24)17-26(23)25/h2-12,14,16H,13,15,17H2,1H3. The molecule has 5 rings (SSSR count). The van der Waals surface area contributed by atoms with E-state index in [2.05, 4.69) is 85.8 Å². The molecule has 0 radical (unpaired) electrons. The maximum Gasteiger partial charge on any atom is -0.000740 e. The van der Waals surface area contributed by atoms with Crippen LogP contribution in [0.25, 0.3) is 22.3 Å². The van der Waals surface area contributed by atoms with Crippen molar-refractivity contribution in [2.75, 3.05) is 0 Å². The van der Waals surface area contributed by atoms with E-state index >= 15 is 0 Å². The molecule has 2 aliphatic carbocycles. The van der Waals surface area contributed by atoms with E-state index in [1.807, 2.05) is 0 Å². The van der Waals surface area contributed by atoms with Crippen LogP contribution in [0.15, 0.2) is 78.9 Å². The summed E-state index contributed by atoms with van der Waals surface area (Å²) in [5.41, 5.74) is 12.9. The van der Waals surface area contributed by atoms with Gasteiger partial charge in [-0.3, -0.25) is 0 Å². The fourth-order valence-electron chi connectivity index (χ4n) is 4.41. The number of hydrogen-bond donors (Lipinski definition) is 0. The van der Waals surface area contributed by atoms with Crippen LogP contribution in [0.4, 0.5) is 0 Å². The molecule has 3 aromatic rings. The zero-order valence-corrected chi connectivity index (χ0v) is 15.1. The Morgan fingerprint density at radius 3 is 2.23 bits per heavy atom. The van der Waals surface area contributed by atoms with E-state index in [0.717, 1.165) is 19.3 Å². The quantitative estimate of drug-likeness (QED) is 0.377. The highest BCUT2D eigenvalue weighted by molar-refractivity contribution is 5.86. The molecule has 0 amide bonds. The van der Waals surface area contributed by atoms with Gasteiger partial charge in [-0.2, -0.15) is 0 Å². The van der Waals surface area contributed by atoms with Gasteiger partial charge >= 0.3 is 0 Å². The minimum absolute atomic E-state index is 1.06. The maximum atomic E-state index is 2.35. The van der Waals surface area contributed by atoms with Gasteiger partial charge in [0.15, 0.2) is 0 Å². The zero-order chi connectivity index (χ0) is 17.5. The Kier molecular flexibility index (Phi) is 3.64. The molecule has 3 aromatic carbocycles. The second-order valence-electron chi connectivity index (χ2n) is 7.42. The van der Waals surface area contributed by atoms with Crippen molar-refractivity contribution in [3.63, 3.8) is 0 Å². The lowest BCUT2D eigenvalue weighted by atomic mass is 9.87. The summed E-state index contributed by atoms with van der Waals surface area (Å²) in [6.07, 6.45) is 7.97. The third kappa shape index (κ3) is 2.54. The number of hydrogen-bond acceptors (Lipinski definition) is 0. The first kappa shape index (κ1) is 15.4. The summed E-state index contributed by atoms with van der Waals surface area (Å²) >= 11 is 0. The Bertz CT molecular complexity index is 1060. The molecule has 0 unspecified atom stereocenters. The predicted molar refractivity (Wildman–Crippen MR) is 111 cm³/mol. The molecule has 0 heteroatoms. The molecule has 0 saturated carbocycles. The summed E-state index contributed by atoms with van der Waals surface area (Å²) in [6.45, 7) is 2.17. The molecular formula is C26H22. The molecule has 0 aliphatic heterocycles. The Hall–Kier alpha value is -2.86. The highest BCUT2D eigenvalue weighted by Crippen LogP contribution is 2.42. The van der Waals surface area contributed by atoms with E-state index in [-0.39, 0.29) is 0 Å². The van der Waals surface area contributed by atoms with Gasteiger partial charge in [-0.1, -0.05) is 84.4 Å². The van der Waals surface area contributed by atoms with Crippen LogP contribution in [0.5, 0.6) is 0 Å². The van der Waals surface area contributed by atoms with Crippen LogP contribution < -0.4 is 0 Å². The van der Waals surface area contributed by atoms with E-state index < -0.39 is 0 Å². The Morgan fingerprint density at radius 2 is 1.38 bits per heavy atom. The van der Waals surface area contributed by atoms with Crippen LogP contribution in [-0.2, 0) is 6.42 Å². The van der Waals surface area contributed by atoms with Gasteiger partial charge in [-0.15, -0.1) is 0 Å². The first-order valence-electron chi connectivity index (χ1n) is 9.47. The van der Waals surface area contributed by atoms with Crippen molar-refractivity contribution in [1.82, 2.24) is 0 Å². The van der Waals surface area contributed by atoms with E-state index in [9.17, 15) is 0 Å². The van der Waals surface area contributed by atoms with Crippen molar-refractivity contribution in [1.29, 1.82) is 0 Å². The average molecular weight is 334 g/mol. The first-order valence-corrected chi connectivity index (χ1v) is 9.47. The maximum absolute atomic E-state index is 2.35. The largest absolute Gasteiger partial charge is 0.0619 e. The predicted octanol–water partition coefficient (Wildman–Crippen LogP) is 6.83. The minimum Gasteiger partial charge on any atom is -0.0619 e. The highest BCUT2D eigenvalue weighted by atomic mass is 14.3. The molecule has 0 N–H and O–H groups in total. The third-order valence-electron chi connectivity index (χ3n) is 5.73. The number of benzene rings is 3. The molecule has 0 saturated heterocycles. The number of aryl methyl sites for hydroxylation is 1.